The highest BCUT2D eigenvalue weighted by molar-refractivity contribution is 5.20. The van der Waals surface area contributed by atoms with Gasteiger partial charge in [0, 0.05) is 18.8 Å². The Bertz CT molecular complexity index is 546. The number of benzene rings is 1. The van der Waals surface area contributed by atoms with E-state index in [0.29, 0.717) is 13.2 Å². The maximum atomic E-state index is 11.6. The van der Waals surface area contributed by atoms with Crippen molar-refractivity contribution in [1.82, 2.24) is 4.57 Å². The van der Waals surface area contributed by atoms with Crippen molar-refractivity contribution in [2.24, 2.45) is 0 Å². The highest BCUT2D eigenvalue weighted by Gasteiger charge is 1.97. The van der Waals surface area contributed by atoms with E-state index in [1.165, 1.54) is 0 Å². The molecule has 0 unspecified atom stereocenters. The van der Waals surface area contributed by atoms with Crippen LogP contribution in [0.25, 0.3) is 0 Å². The maximum Gasteiger partial charge on any atom is 0.250 e. The molecule has 0 bridgehead atoms. The summed E-state index contributed by atoms with van der Waals surface area (Å²) in [4.78, 5) is 11.6. The van der Waals surface area contributed by atoms with E-state index in [9.17, 15) is 4.79 Å². The van der Waals surface area contributed by atoms with Gasteiger partial charge in [0.1, 0.15) is 5.75 Å². The third kappa shape index (κ3) is 3.48. The molecular formula is C15H17NO2. The normalized spacial score (nSPS) is 10.3. The molecule has 0 aliphatic carbocycles. The van der Waals surface area contributed by atoms with E-state index >= 15 is 0 Å². The van der Waals surface area contributed by atoms with Crippen LogP contribution in [-0.4, -0.2) is 11.2 Å². The van der Waals surface area contributed by atoms with Gasteiger partial charge in [-0.25, -0.2) is 0 Å². The molecule has 0 saturated carbocycles. The number of aryl methyl sites for hydroxylation is 2. The first-order valence-corrected chi connectivity index (χ1v) is 6.10. The number of aromatic nitrogens is 1. The molecule has 1 heterocycles. The van der Waals surface area contributed by atoms with Crippen LogP contribution in [0.5, 0.6) is 5.75 Å². The highest BCUT2D eigenvalue weighted by Crippen LogP contribution is 2.08. The van der Waals surface area contributed by atoms with Crippen molar-refractivity contribution in [1.29, 1.82) is 0 Å². The summed E-state index contributed by atoms with van der Waals surface area (Å²) < 4.78 is 7.31. The fourth-order valence-corrected chi connectivity index (χ4v) is 1.77. The summed E-state index contributed by atoms with van der Waals surface area (Å²) in [5.41, 5.74) is 1.14. The van der Waals surface area contributed by atoms with Crippen LogP contribution >= 0.6 is 0 Å². The van der Waals surface area contributed by atoms with Crippen molar-refractivity contribution in [3.05, 3.63) is 64.6 Å². The summed E-state index contributed by atoms with van der Waals surface area (Å²) in [5.74, 6) is 0.870. The van der Waals surface area contributed by atoms with Crippen molar-refractivity contribution in [3.8, 4) is 5.75 Å². The lowest BCUT2D eigenvalue weighted by molar-refractivity contribution is 0.301. The minimum absolute atomic E-state index is 0.0420. The van der Waals surface area contributed by atoms with Gasteiger partial charge in [-0.05, 0) is 31.0 Å². The Morgan fingerprint density at radius 2 is 1.89 bits per heavy atom. The first kappa shape index (κ1) is 12.4. The van der Waals surface area contributed by atoms with Crippen molar-refractivity contribution < 1.29 is 4.74 Å². The van der Waals surface area contributed by atoms with Gasteiger partial charge < -0.3 is 9.30 Å². The molecule has 0 saturated heterocycles. The molecule has 0 amide bonds. The topological polar surface area (TPSA) is 31.2 Å². The summed E-state index contributed by atoms with van der Waals surface area (Å²) in [5, 5.41) is 0. The van der Waals surface area contributed by atoms with Gasteiger partial charge in [0.15, 0.2) is 0 Å². The second kappa shape index (κ2) is 6.05. The Labute approximate surface area is 107 Å². The van der Waals surface area contributed by atoms with E-state index in [4.69, 9.17) is 4.74 Å². The van der Waals surface area contributed by atoms with Gasteiger partial charge in [-0.2, -0.15) is 0 Å². The van der Waals surface area contributed by atoms with Crippen LogP contribution in [0.4, 0.5) is 0 Å². The molecule has 2 rings (SSSR count). The van der Waals surface area contributed by atoms with Crippen LogP contribution < -0.4 is 10.3 Å². The van der Waals surface area contributed by atoms with E-state index in [1.807, 2.05) is 49.5 Å². The Kier molecular flexibility index (Phi) is 4.18. The lowest BCUT2D eigenvalue weighted by Crippen LogP contribution is -2.19. The second-order valence-electron chi connectivity index (χ2n) is 4.25. The van der Waals surface area contributed by atoms with E-state index in [0.717, 1.165) is 17.7 Å². The van der Waals surface area contributed by atoms with Gasteiger partial charge in [0.25, 0.3) is 5.56 Å². The number of rotatable bonds is 5. The molecule has 0 radical (unpaired) electrons. The monoisotopic (exact) mass is 243 g/mol. The van der Waals surface area contributed by atoms with Crippen LogP contribution in [-0.2, 0) is 6.54 Å². The quantitative estimate of drug-likeness (QED) is 0.756. The predicted molar refractivity (Wildman–Crippen MR) is 72.0 cm³/mol. The van der Waals surface area contributed by atoms with Crippen LogP contribution in [0.15, 0.2) is 53.5 Å². The summed E-state index contributed by atoms with van der Waals surface area (Å²) in [7, 11) is 0. The molecule has 0 spiro atoms. The molecule has 0 N–H and O–H groups in total. The first-order chi connectivity index (χ1) is 8.75. The van der Waals surface area contributed by atoms with Crippen molar-refractivity contribution in [2.45, 2.75) is 19.9 Å². The van der Waals surface area contributed by atoms with Crippen LogP contribution in [0.2, 0.25) is 0 Å². The molecule has 1 aromatic carbocycles. The Hall–Kier alpha value is -2.03. The van der Waals surface area contributed by atoms with Crippen molar-refractivity contribution >= 4 is 0 Å². The molecule has 94 valence electrons. The number of para-hydroxylation sites is 1. The zero-order chi connectivity index (χ0) is 12.8. The van der Waals surface area contributed by atoms with Crippen molar-refractivity contribution in [3.63, 3.8) is 0 Å². The fourth-order valence-electron chi connectivity index (χ4n) is 1.77. The maximum absolute atomic E-state index is 11.6. The van der Waals surface area contributed by atoms with Gasteiger partial charge in [-0.3, -0.25) is 4.79 Å². The molecule has 0 fully saturated rings. The molecule has 3 heteroatoms. The Balaban J connectivity index is 1.82. The summed E-state index contributed by atoms with van der Waals surface area (Å²) in [6.45, 7) is 3.29. The van der Waals surface area contributed by atoms with Gasteiger partial charge in [-0.15, -0.1) is 0 Å². The predicted octanol–water partition coefficient (Wildman–Crippen LogP) is 2.63. The molecule has 3 nitrogen and oxygen atoms in total. The number of hydrogen-bond acceptors (Lipinski definition) is 2. The number of pyridine rings is 1. The Morgan fingerprint density at radius 3 is 2.67 bits per heavy atom. The zero-order valence-corrected chi connectivity index (χ0v) is 10.5. The van der Waals surface area contributed by atoms with E-state index in [1.54, 1.807) is 10.6 Å². The average molecular weight is 243 g/mol. The summed E-state index contributed by atoms with van der Waals surface area (Å²) >= 11 is 0. The zero-order valence-electron chi connectivity index (χ0n) is 10.5. The Morgan fingerprint density at radius 1 is 1.11 bits per heavy atom. The third-order valence-corrected chi connectivity index (χ3v) is 2.69. The van der Waals surface area contributed by atoms with Crippen molar-refractivity contribution in [2.75, 3.05) is 6.61 Å². The molecule has 0 atom stereocenters. The highest BCUT2D eigenvalue weighted by atomic mass is 16.5. The van der Waals surface area contributed by atoms with E-state index in [2.05, 4.69) is 0 Å². The molecule has 0 aliphatic heterocycles. The van der Waals surface area contributed by atoms with E-state index < -0.39 is 0 Å². The molecule has 1 aromatic heterocycles. The lowest BCUT2D eigenvalue weighted by atomic mass is 10.3. The van der Waals surface area contributed by atoms with Crippen LogP contribution in [0.3, 0.4) is 0 Å². The number of hydrogen-bond donors (Lipinski definition) is 0. The SMILES string of the molecule is Cc1ccc(=O)n(CCCOc2ccccc2)c1. The number of nitrogens with zero attached hydrogens (tertiary/aromatic N) is 1. The van der Waals surface area contributed by atoms with E-state index in [-0.39, 0.29) is 5.56 Å². The molecular weight excluding hydrogens is 226 g/mol. The van der Waals surface area contributed by atoms with Crippen LogP contribution in [0.1, 0.15) is 12.0 Å². The summed E-state index contributed by atoms with van der Waals surface area (Å²) in [6.07, 6.45) is 2.70. The van der Waals surface area contributed by atoms with Gasteiger partial charge >= 0.3 is 0 Å². The average Bonchev–Trinajstić information content (AvgIpc) is 2.40. The van der Waals surface area contributed by atoms with Crippen LogP contribution in [0, 0.1) is 6.92 Å². The lowest BCUT2D eigenvalue weighted by Gasteiger charge is -2.08. The third-order valence-electron chi connectivity index (χ3n) is 2.69. The second-order valence-corrected chi connectivity index (χ2v) is 4.25. The largest absolute Gasteiger partial charge is 0.494 e. The van der Waals surface area contributed by atoms with Gasteiger partial charge in [0.05, 0.1) is 6.61 Å². The fraction of sp³-hybridized carbons (Fsp3) is 0.267. The summed E-state index contributed by atoms with van der Waals surface area (Å²) in [6, 6.07) is 13.1. The number of ether oxygens (including phenoxy) is 1. The molecule has 0 aliphatic rings. The smallest absolute Gasteiger partial charge is 0.250 e. The minimum Gasteiger partial charge on any atom is -0.494 e. The molecule has 2 aromatic rings. The standard InChI is InChI=1S/C15H17NO2/c1-13-8-9-15(17)16(12-13)10-5-11-18-14-6-3-2-4-7-14/h2-4,6-9,12H,5,10-11H2,1H3. The van der Waals surface area contributed by atoms with Gasteiger partial charge in [-0.1, -0.05) is 24.3 Å². The van der Waals surface area contributed by atoms with Gasteiger partial charge in [0.2, 0.25) is 0 Å². The minimum atomic E-state index is 0.0420. The molecule has 18 heavy (non-hydrogen) atoms. The first-order valence-electron chi connectivity index (χ1n) is 6.10.